The minimum absolute atomic E-state index is 0.105. The summed E-state index contributed by atoms with van der Waals surface area (Å²) in [6.07, 6.45) is 6.49. The highest BCUT2D eigenvalue weighted by atomic mass is 35.5. The molecule has 1 spiro atoms. The average Bonchev–Trinajstić information content (AvgIpc) is 3.73. The van der Waals surface area contributed by atoms with Crippen LogP contribution < -0.4 is 4.90 Å². The molecule has 11 heteroatoms. The van der Waals surface area contributed by atoms with Gasteiger partial charge >= 0.3 is 5.97 Å². The molecule has 3 amide bonds. The Hall–Kier alpha value is -3.99. The number of benzene rings is 2. The van der Waals surface area contributed by atoms with E-state index in [1.165, 1.54) is 9.80 Å². The van der Waals surface area contributed by atoms with Gasteiger partial charge in [0.2, 0.25) is 11.8 Å². The monoisotopic (exact) mass is 675 g/mol. The third kappa shape index (κ3) is 5.53. The summed E-state index contributed by atoms with van der Waals surface area (Å²) in [6, 6.07) is 12.1. The van der Waals surface area contributed by atoms with E-state index >= 15 is 4.79 Å². The lowest BCUT2D eigenvalue weighted by Gasteiger charge is -2.39. The highest BCUT2D eigenvalue weighted by molar-refractivity contribution is 6.34. The van der Waals surface area contributed by atoms with E-state index in [0.29, 0.717) is 29.1 Å². The molecule has 0 saturated carbocycles. The van der Waals surface area contributed by atoms with Crippen LogP contribution in [0.1, 0.15) is 50.3 Å². The van der Waals surface area contributed by atoms with Gasteiger partial charge in [-0.15, -0.1) is 0 Å². The van der Waals surface area contributed by atoms with E-state index in [9.17, 15) is 19.5 Å². The molecule has 254 valence electrons. The van der Waals surface area contributed by atoms with Gasteiger partial charge in [0.05, 0.1) is 41.4 Å². The molecule has 1 N–H and O–H groups in total. The smallest absolute Gasteiger partial charge is 0.313 e. The number of cyclic esters (lactones) is 1. The number of halogens is 1. The molecule has 0 aliphatic carbocycles. The quantitative estimate of drug-likeness (QED) is 0.369. The van der Waals surface area contributed by atoms with Crippen LogP contribution in [0, 0.1) is 18.8 Å². The minimum atomic E-state index is -1.48. The first-order chi connectivity index (χ1) is 23.0. The van der Waals surface area contributed by atoms with Gasteiger partial charge in [0.1, 0.15) is 23.7 Å². The predicted molar refractivity (Wildman–Crippen MR) is 180 cm³/mol. The number of likely N-dealkylation sites (N-methyl/N-ethyl adjacent to an activating group) is 1. The number of esters is 1. The van der Waals surface area contributed by atoms with E-state index in [-0.39, 0.29) is 25.5 Å². The Kier molecular flexibility index (Phi) is 9.53. The number of anilines is 1. The van der Waals surface area contributed by atoms with Crippen LogP contribution in [0.2, 0.25) is 5.02 Å². The Morgan fingerprint density at radius 3 is 2.48 bits per heavy atom. The van der Waals surface area contributed by atoms with Gasteiger partial charge in [0.15, 0.2) is 0 Å². The van der Waals surface area contributed by atoms with Crippen LogP contribution in [0.25, 0.3) is 0 Å². The van der Waals surface area contributed by atoms with Gasteiger partial charge in [0.25, 0.3) is 5.91 Å². The van der Waals surface area contributed by atoms with Crippen LogP contribution in [0.3, 0.4) is 0 Å². The van der Waals surface area contributed by atoms with E-state index in [1.54, 1.807) is 36.2 Å². The topological polar surface area (TPSA) is 117 Å². The maximum atomic E-state index is 15.0. The van der Waals surface area contributed by atoms with Crippen molar-refractivity contribution in [3.8, 4) is 0 Å². The number of aryl methyl sites for hydroxylation is 1. The number of fused-ring (bicyclic) bond motifs is 2. The summed E-state index contributed by atoms with van der Waals surface area (Å²) in [5, 5.41) is 10.8. The van der Waals surface area contributed by atoms with Gasteiger partial charge in [-0.25, -0.2) is 0 Å². The molecule has 48 heavy (non-hydrogen) atoms. The molecule has 4 heterocycles. The number of nitrogens with zero attached hydrogens (tertiary/aromatic N) is 3. The lowest BCUT2D eigenvalue weighted by Crippen LogP contribution is -2.58. The summed E-state index contributed by atoms with van der Waals surface area (Å²) in [6.45, 7) is 5.25. The van der Waals surface area contributed by atoms with Crippen LogP contribution in [-0.2, 0) is 28.7 Å². The van der Waals surface area contributed by atoms with E-state index in [4.69, 9.17) is 21.1 Å². The third-order valence-electron chi connectivity index (χ3n) is 10.4. The number of aliphatic hydroxyl groups excluding tert-OH is 1. The predicted octanol–water partition coefficient (Wildman–Crippen LogP) is 4.38. The normalized spacial score (nSPS) is 32.1. The number of hydrogen-bond acceptors (Lipinski definition) is 7. The van der Waals surface area contributed by atoms with Crippen molar-refractivity contribution in [1.82, 2.24) is 9.80 Å². The van der Waals surface area contributed by atoms with Crippen molar-refractivity contribution in [1.29, 1.82) is 0 Å². The molecular formula is C37H42ClN3O7. The molecule has 6 rings (SSSR count). The number of amides is 3. The Labute approximate surface area is 285 Å². The number of para-hydroxylation sites is 1. The second-order valence-corrected chi connectivity index (χ2v) is 13.5. The van der Waals surface area contributed by atoms with Gasteiger partial charge in [-0.05, 0) is 43.9 Å². The number of hydrogen-bond donors (Lipinski definition) is 1. The molecule has 0 unspecified atom stereocenters. The van der Waals surface area contributed by atoms with Gasteiger partial charge in [-0.2, -0.15) is 0 Å². The Balaban J connectivity index is 1.50. The van der Waals surface area contributed by atoms with Gasteiger partial charge in [0, 0.05) is 20.0 Å². The molecule has 0 aromatic heterocycles. The zero-order valence-corrected chi connectivity index (χ0v) is 28.4. The van der Waals surface area contributed by atoms with E-state index < -0.39 is 65.6 Å². The van der Waals surface area contributed by atoms with E-state index in [2.05, 4.69) is 0 Å². The number of carbonyl (C=O) groups is 4. The maximum absolute atomic E-state index is 15.0. The van der Waals surface area contributed by atoms with Crippen LogP contribution >= 0.6 is 11.6 Å². The standard InChI is InChI=1S/C37H42ClN3O7/c1-5-25(21-42)41-33-35(45)40(31-22(2)13-12-16-26(31)38)20-11-7-10-17-28(43)39(4)23(3)32(24-14-8-6-9-15-24)47-36(46)29-27-18-19-37(33,48-27)30(29)34(41)44/h6-9,11-16,18-19,23,25,27,29-30,32-33,42H,5,10,17,20-21H2,1-4H3/b11-7-/t23-,25-,27+,29-,30-,32+,33+,37-/m0/s1. The second kappa shape index (κ2) is 13.5. The summed E-state index contributed by atoms with van der Waals surface area (Å²) in [5.41, 5.74) is 0.464. The van der Waals surface area contributed by atoms with Crippen molar-refractivity contribution in [3.05, 3.63) is 89.0 Å². The van der Waals surface area contributed by atoms with Crippen LogP contribution in [0.4, 0.5) is 5.69 Å². The van der Waals surface area contributed by atoms with Crippen molar-refractivity contribution in [2.45, 2.75) is 76.0 Å². The first-order valence-electron chi connectivity index (χ1n) is 16.6. The summed E-state index contributed by atoms with van der Waals surface area (Å²) in [4.78, 5) is 61.9. The molecule has 2 fully saturated rings. The third-order valence-corrected chi connectivity index (χ3v) is 10.7. The highest BCUT2D eigenvalue weighted by Gasteiger charge is 2.74. The highest BCUT2D eigenvalue weighted by Crippen LogP contribution is 2.56. The SMILES string of the molecule is CC[C@@H](CO)N1C(=O)[C@@H]2[C@H]3C(=O)O[C@@H](c4ccccc4)[C@H](C)N(C)C(=O)CC/C=C\CN(c4c(C)cccc4Cl)C(=O)[C@@H]1[C@]21C=C[C@H]3O1. The number of rotatable bonds is 5. The fourth-order valence-electron chi connectivity index (χ4n) is 7.77. The van der Waals surface area contributed by atoms with Crippen LogP contribution in [0.5, 0.6) is 0 Å². The van der Waals surface area contributed by atoms with Crippen molar-refractivity contribution >= 4 is 41.0 Å². The van der Waals surface area contributed by atoms with Crippen molar-refractivity contribution in [2.75, 3.05) is 25.1 Å². The van der Waals surface area contributed by atoms with E-state index in [0.717, 1.165) is 5.56 Å². The minimum Gasteiger partial charge on any atom is -0.455 e. The number of aliphatic hydroxyl groups is 1. The molecule has 0 radical (unpaired) electrons. The van der Waals surface area contributed by atoms with Crippen molar-refractivity contribution in [2.24, 2.45) is 11.8 Å². The average molecular weight is 676 g/mol. The van der Waals surface area contributed by atoms with E-state index in [1.807, 2.05) is 69.3 Å². The fourth-order valence-corrected chi connectivity index (χ4v) is 8.09. The number of ether oxygens (including phenoxy) is 2. The number of allylic oxidation sites excluding steroid dienone is 1. The molecule has 10 nitrogen and oxygen atoms in total. The van der Waals surface area contributed by atoms with Crippen LogP contribution in [-0.4, -0.2) is 88.6 Å². The number of carbonyl (C=O) groups excluding carboxylic acids is 4. The molecule has 4 aliphatic rings. The lowest BCUT2D eigenvalue weighted by molar-refractivity contribution is -0.164. The zero-order valence-electron chi connectivity index (χ0n) is 27.6. The summed E-state index contributed by atoms with van der Waals surface area (Å²) in [7, 11) is 1.69. The number of likely N-dealkylation sites (tertiary alicyclic amines) is 1. The summed E-state index contributed by atoms with van der Waals surface area (Å²) >= 11 is 6.73. The molecule has 2 saturated heterocycles. The summed E-state index contributed by atoms with van der Waals surface area (Å²) < 4.78 is 12.8. The maximum Gasteiger partial charge on any atom is 0.313 e. The Bertz CT molecular complexity index is 1620. The van der Waals surface area contributed by atoms with Crippen molar-refractivity contribution < 1.29 is 33.8 Å². The first kappa shape index (κ1) is 33.9. The molecule has 2 aromatic rings. The molecule has 5 bridgehead atoms. The Morgan fingerprint density at radius 2 is 1.79 bits per heavy atom. The fraction of sp³-hybridized carbons (Fsp3) is 0.459. The van der Waals surface area contributed by atoms with Gasteiger partial charge in [-0.1, -0.05) is 85.3 Å². The lowest BCUT2D eigenvalue weighted by atomic mass is 9.74. The zero-order chi connectivity index (χ0) is 34.3. The molecule has 2 aromatic carbocycles. The van der Waals surface area contributed by atoms with Crippen molar-refractivity contribution in [3.63, 3.8) is 0 Å². The Morgan fingerprint density at radius 1 is 1.04 bits per heavy atom. The first-order valence-corrected chi connectivity index (χ1v) is 17.0. The summed E-state index contributed by atoms with van der Waals surface area (Å²) in [5.74, 6) is -3.81. The van der Waals surface area contributed by atoms with Crippen LogP contribution in [0.15, 0.2) is 72.8 Å². The molecule has 8 atom stereocenters. The largest absolute Gasteiger partial charge is 0.455 e. The second-order valence-electron chi connectivity index (χ2n) is 13.1. The molecular weight excluding hydrogens is 634 g/mol. The van der Waals surface area contributed by atoms with Gasteiger partial charge < -0.3 is 29.3 Å². The van der Waals surface area contributed by atoms with Gasteiger partial charge in [-0.3, -0.25) is 19.2 Å². The molecule has 4 aliphatic heterocycles.